The van der Waals surface area contributed by atoms with Crippen molar-refractivity contribution in [3.05, 3.63) is 0 Å². The van der Waals surface area contributed by atoms with Crippen molar-refractivity contribution >= 4 is 5.91 Å². The minimum absolute atomic E-state index is 0.468. The summed E-state index contributed by atoms with van der Waals surface area (Å²) in [6.07, 6.45) is -0.818. The number of hydrogen-bond acceptors (Lipinski definition) is 3. The lowest BCUT2D eigenvalue weighted by atomic mass is 10.2. The molecule has 0 spiro atoms. The molecule has 0 rings (SSSR count). The van der Waals surface area contributed by atoms with Crippen LogP contribution in [-0.4, -0.2) is 30.2 Å². The van der Waals surface area contributed by atoms with Gasteiger partial charge >= 0.3 is 0 Å². The molecule has 0 saturated carbocycles. The van der Waals surface area contributed by atoms with Crippen molar-refractivity contribution in [2.75, 3.05) is 7.05 Å². The molecule has 0 aromatic carbocycles. The van der Waals surface area contributed by atoms with Crippen LogP contribution in [-0.2, 0) is 4.79 Å². The van der Waals surface area contributed by atoms with E-state index in [1.54, 1.807) is 0 Å². The van der Waals surface area contributed by atoms with Gasteiger partial charge < -0.3 is 10.8 Å². The Hall–Kier alpha value is -0.610. The van der Waals surface area contributed by atoms with Crippen LogP contribution in [0.15, 0.2) is 0 Å². The lowest BCUT2D eigenvalue weighted by Gasteiger charge is -2.10. The van der Waals surface area contributed by atoms with Gasteiger partial charge in [-0.2, -0.15) is 0 Å². The number of aliphatic hydroxyl groups is 1. The van der Waals surface area contributed by atoms with Crippen LogP contribution in [0.2, 0.25) is 0 Å². The topological polar surface area (TPSA) is 77.4 Å². The molecule has 9 heavy (non-hydrogen) atoms. The zero-order valence-electron chi connectivity index (χ0n) is 5.53. The third-order valence-electron chi connectivity index (χ3n) is 1.03. The highest BCUT2D eigenvalue weighted by Crippen LogP contribution is 1.87. The average molecular weight is 131 g/mol. The summed E-state index contributed by atoms with van der Waals surface area (Å²) in [5, 5.41) is 12.0. The van der Waals surface area contributed by atoms with Gasteiger partial charge in [0.25, 0.3) is 5.91 Å². The number of carbonyl (C=O) groups excluding carboxylic acids is 1. The molecular weight excluding hydrogens is 120 g/mol. The molecular formula is C5H11N2O2. The van der Waals surface area contributed by atoms with Gasteiger partial charge in [-0.05, 0) is 6.92 Å². The maximum absolute atomic E-state index is 10.5. The second-order valence-electron chi connectivity index (χ2n) is 1.83. The molecule has 3 N–H and O–H groups in total. The molecule has 4 nitrogen and oxygen atoms in total. The van der Waals surface area contributed by atoms with Gasteiger partial charge in [0.1, 0.15) is 6.04 Å². The van der Waals surface area contributed by atoms with E-state index in [2.05, 4.69) is 5.32 Å². The van der Waals surface area contributed by atoms with E-state index in [1.807, 2.05) is 0 Å². The van der Waals surface area contributed by atoms with Crippen LogP contribution in [0.4, 0.5) is 0 Å². The van der Waals surface area contributed by atoms with Crippen molar-refractivity contribution in [1.82, 2.24) is 5.32 Å². The first-order chi connectivity index (χ1) is 4.09. The summed E-state index contributed by atoms with van der Waals surface area (Å²) in [5.74, 6) is -0.468. The van der Waals surface area contributed by atoms with E-state index in [9.17, 15) is 4.79 Å². The number of likely N-dealkylation sites (N-methyl/N-ethyl adjacent to an activating group) is 1. The molecule has 0 aromatic rings. The van der Waals surface area contributed by atoms with Crippen LogP contribution in [0.3, 0.4) is 0 Å². The van der Waals surface area contributed by atoms with Gasteiger partial charge in [-0.15, -0.1) is 0 Å². The zero-order valence-corrected chi connectivity index (χ0v) is 5.53. The van der Waals surface area contributed by atoms with Crippen molar-refractivity contribution in [3.63, 3.8) is 0 Å². The number of carbonyl (C=O) groups is 1. The first-order valence-electron chi connectivity index (χ1n) is 2.67. The van der Waals surface area contributed by atoms with Gasteiger partial charge in [-0.25, -0.2) is 0 Å². The highest BCUT2D eigenvalue weighted by atomic mass is 16.3. The van der Waals surface area contributed by atoms with Gasteiger partial charge in [0.05, 0.1) is 6.10 Å². The van der Waals surface area contributed by atoms with Gasteiger partial charge in [-0.1, -0.05) is 0 Å². The molecule has 1 radical (unpaired) electrons. The summed E-state index contributed by atoms with van der Waals surface area (Å²) in [6.45, 7) is 1.45. The highest BCUT2D eigenvalue weighted by Gasteiger charge is 2.17. The largest absolute Gasteiger partial charge is 0.391 e. The Morgan fingerprint density at radius 2 is 2.22 bits per heavy atom. The SMILES string of the molecule is C[N]C(=O)[C@@H](N)[C@@H](C)O. The lowest BCUT2D eigenvalue weighted by molar-refractivity contribution is -0.124. The molecule has 0 aliphatic rings. The third-order valence-corrected chi connectivity index (χ3v) is 1.03. The number of rotatable bonds is 2. The van der Waals surface area contributed by atoms with Crippen LogP contribution in [0, 0.1) is 0 Å². The van der Waals surface area contributed by atoms with Gasteiger partial charge in [-0.3, -0.25) is 10.1 Å². The van der Waals surface area contributed by atoms with Crippen molar-refractivity contribution in [1.29, 1.82) is 0 Å². The van der Waals surface area contributed by atoms with E-state index in [-0.39, 0.29) is 0 Å². The minimum Gasteiger partial charge on any atom is -0.391 e. The summed E-state index contributed by atoms with van der Waals surface area (Å²) in [4.78, 5) is 10.5. The second-order valence-corrected chi connectivity index (χ2v) is 1.83. The van der Waals surface area contributed by atoms with Gasteiger partial charge in [0, 0.05) is 7.05 Å². The van der Waals surface area contributed by atoms with E-state index in [0.717, 1.165) is 0 Å². The summed E-state index contributed by atoms with van der Waals surface area (Å²) in [7, 11) is 1.35. The molecule has 0 fully saturated rings. The Kier molecular flexibility index (Phi) is 3.19. The summed E-state index contributed by atoms with van der Waals surface area (Å²) < 4.78 is 0. The molecule has 0 aliphatic heterocycles. The van der Waals surface area contributed by atoms with E-state index >= 15 is 0 Å². The summed E-state index contributed by atoms with van der Waals surface area (Å²) in [5.41, 5.74) is 5.18. The third kappa shape index (κ3) is 2.43. The van der Waals surface area contributed by atoms with E-state index < -0.39 is 18.1 Å². The monoisotopic (exact) mass is 131 g/mol. The van der Waals surface area contributed by atoms with Crippen LogP contribution in [0.5, 0.6) is 0 Å². The Labute approximate surface area is 54.0 Å². The molecule has 0 heterocycles. The fraction of sp³-hybridized carbons (Fsp3) is 0.800. The number of nitrogens with zero attached hydrogens (tertiary/aromatic N) is 1. The maximum Gasteiger partial charge on any atom is 0.260 e. The normalized spacial score (nSPS) is 16.4. The van der Waals surface area contributed by atoms with Crippen LogP contribution in [0.25, 0.3) is 0 Å². The Balaban J connectivity index is 3.72. The highest BCUT2D eigenvalue weighted by molar-refractivity contribution is 5.81. The molecule has 4 heteroatoms. The van der Waals surface area contributed by atoms with Crippen molar-refractivity contribution in [3.8, 4) is 0 Å². The molecule has 0 aromatic heterocycles. The van der Waals surface area contributed by atoms with Crippen molar-refractivity contribution in [2.24, 2.45) is 5.73 Å². The van der Waals surface area contributed by atoms with E-state index in [1.165, 1.54) is 14.0 Å². The first-order valence-corrected chi connectivity index (χ1v) is 2.67. The minimum atomic E-state index is -0.866. The van der Waals surface area contributed by atoms with Crippen molar-refractivity contribution < 1.29 is 9.90 Å². The van der Waals surface area contributed by atoms with Crippen LogP contribution < -0.4 is 11.1 Å². The predicted molar refractivity (Wildman–Crippen MR) is 32.7 cm³/mol. The summed E-state index contributed by atoms with van der Waals surface area (Å²) in [6, 6.07) is -0.866. The summed E-state index contributed by atoms with van der Waals surface area (Å²) >= 11 is 0. The average Bonchev–Trinajstić information content (AvgIpc) is 1.84. The van der Waals surface area contributed by atoms with E-state index in [4.69, 9.17) is 10.8 Å². The number of aliphatic hydroxyl groups excluding tert-OH is 1. The smallest absolute Gasteiger partial charge is 0.260 e. The molecule has 2 atom stereocenters. The lowest BCUT2D eigenvalue weighted by Crippen LogP contribution is -2.43. The maximum atomic E-state index is 10.5. The standard InChI is InChI=1S/C5H11N2O2/c1-3(8)4(6)5(9)7-2/h3-4,8H,6H2,1-2H3/t3-,4+/m1/s1. The predicted octanol–water partition coefficient (Wildman–Crippen LogP) is -1.54. The number of hydrogen-bond donors (Lipinski definition) is 2. The molecule has 1 amide bonds. The van der Waals surface area contributed by atoms with Gasteiger partial charge in [0.2, 0.25) is 0 Å². The molecule has 0 aliphatic carbocycles. The number of amides is 1. The van der Waals surface area contributed by atoms with E-state index in [0.29, 0.717) is 0 Å². The zero-order chi connectivity index (χ0) is 7.44. The molecule has 53 valence electrons. The Bertz CT molecular complexity index is 103. The Morgan fingerprint density at radius 1 is 1.78 bits per heavy atom. The molecule has 0 bridgehead atoms. The van der Waals surface area contributed by atoms with Crippen molar-refractivity contribution in [2.45, 2.75) is 19.1 Å². The fourth-order valence-corrected chi connectivity index (χ4v) is 0.355. The Morgan fingerprint density at radius 3 is 2.33 bits per heavy atom. The fourth-order valence-electron chi connectivity index (χ4n) is 0.355. The molecule has 0 unspecified atom stereocenters. The van der Waals surface area contributed by atoms with Gasteiger partial charge in [0.15, 0.2) is 0 Å². The van der Waals surface area contributed by atoms with Crippen LogP contribution >= 0.6 is 0 Å². The first kappa shape index (κ1) is 8.39. The molecule has 0 saturated heterocycles. The number of nitrogens with two attached hydrogens (primary N) is 1. The van der Waals surface area contributed by atoms with Crippen LogP contribution in [0.1, 0.15) is 6.92 Å². The second kappa shape index (κ2) is 3.42. The quantitative estimate of drug-likeness (QED) is 0.476.